The Labute approximate surface area is 102 Å². The Hall–Kier alpha value is -0.630. The predicted octanol–water partition coefficient (Wildman–Crippen LogP) is 1.32. The summed E-state index contributed by atoms with van der Waals surface area (Å²) in [4.78, 5) is 11.0. The van der Waals surface area contributed by atoms with Crippen LogP contribution in [0.4, 0.5) is 0 Å². The van der Waals surface area contributed by atoms with Crippen molar-refractivity contribution in [1.82, 2.24) is 4.72 Å². The molecule has 15 heavy (non-hydrogen) atoms. The second kappa shape index (κ2) is 4.93. The quantitative estimate of drug-likeness (QED) is 0.846. The van der Waals surface area contributed by atoms with E-state index in [0.717, 1.165) is 3.57 Å². The SMILES string of the molecule is [CH2]CC(=O)NS(=O)(=O)c1ccc(I)cc1. The van der Waals surface area contributed by atoms with Gasteiger partial charge >= 0.3 is 0 Å². The summed E-state index contributed by atoms with van der Waals surface area (Å²) in [6.45, 7) is 3.30. The van der Waals surface area contributed by atoms with E-state index in [1.165, 1.54) is 12.1 Å². The molecule has 0 aliphatic carbocycles. The zero-order valence-corrected chi connectivity index (χ0v) is 10.7. The molecular formula is C9H9INO3S. The third-order valence-corrected chi connectivity index (χ3v) is 3.71. The van der Waals surface area contributed by atoms with E-state index in [1.807, 2.05) is 4.72 Å². The Morgan fingerprint density at radius 3 is 2.33 bits per heavy atom. The summed E-state index contributed by atoms with van der Waals surface area (Å²) in [7, 11) is -3.73. The monoisotopic (exact) mass is 338 g/mol. The highest BCUT2D eigenvalue weighted by Gasteiger charge is 2.15. The van der Waals surface area contributed by atoms with Gasteiger partial charge in [-0.1, -0.05) is 0 Å². The van der Waals surface area contributed by atoms with Gasteiger partial charge in [-0.05, 0) is 53.8 Å². The summed E-state index contributed by atoms with van der Waals surface area (Å²) in [5.41, 5.74) is 0. The number of hydrogen-bond donors (Lipinski definition) is 1. The van der Waals surface area contributed by atoms with Gasteiger partial charge in [0.05, 0.1) is 4.90 Å². The van der Waals surface area contributed by atoms with Crippen molar-refractivity contribution >= 4 is 38.5 Å². The molecule has 4 nitrogen and oxygen atoms in total. The first-order chi connectivity index (χ1) is 6.95. The fraction of sp³-hybridized carbons (Fsp3) is 0.111. The molecule has 1 rings (SSSR count). The normalized spacial score (nSPS) is 11.1. The van der Waals surface area contributed by atoms with E-state index >= 15 is 0 Å². The van der Waals surface area contributed by atoms with Crippen LogP contribution in [0.25, 0.3) is 0 Å². The Balaban J connectivity index is 2.96. The molecule has 1 N–H and O–H groups in total. The lowest BCUT2D eigenvalue weighted by Crippen LogP contribution is -2.29. The van der Waals surface area contributed by atoms with Crippen molar-refractivity contribution in [2.45, 2.75) is 11.3 Å². The molecule has 0 aliphatic heterocycles. The molecule has 0 unspecified atom stereocenters. The van der Waals surface area contributed by atoms with E-state index in [9.17, 15) is 13.2 Å². The van der Waals surface area contributed by atoms with Crippen molar-refractivity contribution in [3.05, 3.63) is 34.8 Å². The van der Waals surface area contributed by atoms with Crippen molar-refractivity contribution in [2.75, 3.05) is 0 Å². The highest BCUT2D eigenvalue weighted by Crippen LogP contribution is 2.11. The van der Waals surface area contributed by atoms with Crippen molar-refractivity contribution < 1.29 is 13.2 Å². The molecule has 81 valence electrons. The maximum Gasteiger partial charge on any atom is 0.264 e. The van der Waals surface area contributed by atoms with Crippen molar-refractivity contribution in [3.8, 4) is 0 Å². The molecule has 0 bridgehead atoms. The first kappa shape index (κ1) is 12.4. The third kappa shape index (κ3) is 3.45. The number of hydrogen-bond acceptors (Lipinski definition) is 3. The van der Waals surface area contributed by atoms with E-state index < -0.39 is 15.9 Å². The summed E-state index contributed by atoms with van der Waals surface area (Å²) in [6, 6.07) is 6.20. The van der Waals surface area contributed by atoms with Crippen molar-refractivity contribution in [1.29, 1.82) is 0 Å². The molecule has 6 heteroatoms. The Morgan fingerprint density at radius 1 is 1.33 bits per heavy atom. The molecule has 0 heterocycles. The zero-order chi connectivity index (χ0) is 11.5. The molecule has 1 radical (unpaired) electrons. The van der Waals surface area contributed by atoms with Crippen LogP contribution in [0.15, 0.2) is 29.2 Å². The third-order valence-electron chi connectivity index (χ3n) is 1.60. The smallest absolute Gasteiger partial charge is 0.264 e. The van der Waals surface area contributed by atoms with Gasteiger partial charge in [-0.3, -0.25) is 4.79 Å². The molecule has 1 aromatic carbocycles. The summed E-state index contributed by atoms with van der Waals surface area (Å²) < 4.78 is 25.9. The van der Waals surface area contributed by atoms with Crippen molar-refractivity contribution in [3.63, 3.8) is 0 Å². The van der Waals surface area contributed by atoms with Crippen LogP contribution >= 0.6 is 22.6 Å². The van der Waals surface area contributed by atoms with Crippen LogP contribution in [0.5, 0.6) is 0 Å². The largest absolute Gasteiger partial charge is 0.274 e. The number of carbonyl (C=O) groups excluding carboxylic acids is 1. The van der Waals surface area contributed by atoms with Crippen LogP contribution in [0, 0.1) is 10.5 Å². The lowest BCUT2D eigenvalue weighted by molar-refractivity contribution is -0.118. The minimum atomic E-state index is -3.73. The highest BCUT2D eigenvalue weighted by molar-refractivity contribution is 14.1. The average molecular weight is 338 g/mol. The number of carbonyl (C=O) groups is 1. The van der Waals surface area contributed by atoms with E-state index in [4.69, 9.17) is 0 Å². The maximum atomic E-state index is 11.6. The van der Waals surface area contributed by atoms with Gasteiger partial charge in [0.15, 0.2) is 0 Å². The summed E-state index contributed by atoms with van der Waals surface area (Å²) in [5.74, 6) is -0.617. The summed E-state index contributed by atoms with van der Waals surface area (Å²) in [5, 5.41) is 0. The number of nitrogens with one attached hydrogen (secondary N) is 1. The molecule has 0 spiro atoms. The predicted molar refractivity (Wildman–Crippen MR) is 64.5 cm³/mol. The second-order valence-corrected chi connectivity index (χ2v) is 5.66. The topological polar surface area (TPSA) is 63.2 Å². The number of rotatable bonds is 3. The van der Waals surface area contributed by atoms with Crippen LogP contribution in [-0.4, -0.2) is 14.3 Å². The second-order valence-electron chi connectivity index (χ2n) is 2.73. The first-order valence-electron chi connectivity index (χ1n) is 4.06. The van der Waals surface area contributed by atoms with Gasteiger partial charge in [0, 0.05) is 9.99 Å². The Kier molecular flexibility index (Phi) is 4.09. The zero-order valence-electron chi connectivity index (χ0n) is 7.73. The Morgan fingerprint density at radius 2 is 1.87 bits per heavy atom. The number of halogens is 1. The lowest BCUT2D eigenvalue weighted by Gasteiger charge is -2.05. The van der Waals surface area contributed by atoms with E-state index in [0.29, 0.717) is 0 Å². The molecular weight excluding hydrogens is 329 g/mol. The molecule has 0 saturated heterocycles. The van der Waals surface area contributed by atoms with E-state index in [1.54, 1.807) is 12.1 Å². The van der Waals surface area contributed by atoms with E-state index in [2.05, 4.69) is 29.5 Å². The van der Waals surface area contributed by atoms with Crippen LogP contribution in [0.1, 0.15) is 6.42 Å². The van der Waals surface area contributed by atoms with Crippen LogP contribution < -0.4 is 4.72 Å². The fourth-order valence-corrected chi connectivity index (χ4v) is 2.25. The summed E-state index contributed by atoms with van der Waals surface area (Å²) >= 11 is 2.07. The number of amides is 1. The molecule has 0 aliphatic rings. The fourth-order valence-electron chi connectivity index (χ4n) is 0.874. The molecule has 0 fully saturated rings. The molecule has 0 atom stereocenters. The van der Waals surface area contributed by atoms with Crippen LogP contribution in [-0.2, 0) is 14.8 Å². The van der Waals surface area contributed by atoms with Gasteiger partial charge in [-0.2, -0.15) is 0 Å². The Bertz CT molecular complexity index is 453. The lowest BCUT2D eigenvalue weighted by atomic mass is 10.4. The van der Waals surface area contributed by atoms with Gasteiger partial charge in [0.25, 0.3) is 10.0 Å². The van der Waals surface area contributed by atoms with E-state index in [-0.39, 0.29) is 11.3 Å². The number of sulfonamides is 1. The van der Waals surface area contributed by atoms with Gasteiger partial charge in [0.1, 0.15) is 0 Å². The van der Waals surface area contributed by atoms with Crippen LogP contribution in [0.2, 0.25) is 0 Å². The summed E-state index contributed by atoms with van der Waals surface area (Å²) in [6.07, 6.45) is -0.108. The standard InChI is InChI=1S/C9H9INO3S/c1-2-9(12)11-15(13,14)8-5-3-7(10)4-6-8/h3-6H,1-2H2,(H,11,12). The van der Waals surface area contributed by atoms with Gasteiger partial charge in [-0.25, -0.2) is 13.1 Å². The average Bonchev–Trinajstić information content (AvgIpc) is 2.17. The maximum absolute atomic E-state index is 11.6. The molecule has 0 aromatic heterocycles. The van der Waals surface area contributed by atoms with Gasteiger partial charge in [-0.15, -0.1) is 0 Å². The molecule has 1 aromatic rings. The molecule has 1 amide bonds. The van der Waals surface area contributed by atoms with Gasteiger partial charge < -0.3 is 0 Å². The minimum absolute atomic E-state index is 0.0738. The van der Waals surface area contributed by atoms with Crippen molar-refractivity contribution in [2.24, 2.45) is 0 Å². The highest BCUT2D eigenvalue weighted by atomic mass is 127. The minimum Gasteiger partial charge on any atom is -0.274 e. The molecule has 0 saturated carbocycles. The first-order valence-corrected chi connectivity index (χ1v) is 6.62. The number of benzene rings is 1. The van der Waals surface area contributed by atoms with Gasteiger partial charge in [0.2, 0.25) is 5.91 Å². The van der Waals surface area contributed by atoms with Crippen LogP contribution in [0.3, 0.4) is 0 Å².